The molecule has 0 radical (unpaired) electrons. The van der Waals surface area contributed by atoms with Gasteiger partial charge in [-0.25, -0.2) is 4.98 Å². The van der Waals surface area contributed by atoms with Gasteiger partial charge in [-0.3, -0.25) is 0 Å². The van der Waals surface area contributed by atoms with E-state index in [2.05, 4.69) is 120 Å². The topological polar surface area (TPSA) is 42.4 Å². The Morgan fingerprint density at radius 2 is 1.04 bits per heavy atom. The van der Waals surface area contributed by atoms with Gasteiger partial charge >= 0.3 is 0 Å². The number of thiazole rings is 1. The molecule has 0 aliphatic heterocycles. The van der Waals surface area contributed by atoms with Gasteiger partial charge in [-0.15, -0.1) is 11.3 Å². The fourth-order valence-corrected chi connectivity index (χ4v) is 7.85. The second kappa shape index (κ2) is 9.80. The summed E-state index contributed by atoms with van der Waals surface area (Å²) in [6, 6.07) is 50.7. The van der Waals surface area contributed by atoms with E-state index < -0.39 is 0 Å². The number of benzene rings is 7. The van der Waals surface area contributed by atoms with E-state index in [-0.39, 0.29) is 0 Å². The smallest absolute Gasteiger partial charge is 0.137 e. The lowest BCUT2D eigenvalue weighted by Gasteiger charge is -2.27. The number of furan rings is 2. The Morgan fingerprint density at radius 3 is 1.85 bits per heavy atom. The summed E-state index contributed by atoms with van der Waals surface area (Å²) in [6.07, 6.45) is 0. The Kier molecular flexibility index (Phi) is 5.41. The highest BCUT2D eigenvalue weighted by Gasteiger charge is 2.22. The van der Waals surface area contributed by atoms with Gasteiger partial charge in [0, 0.05) is 55.3 Å². The highest BCUT2D eigenvalue weighted by Crippen LogP contribution is 2.46. The van der Waals surface area contributed by atoms with E-state index in [1.54, 1.807) is 11.3 Å². The Labute approximate surface area is 267 Å². The van der Waals surface area contributed by atoms with Gasteiger partial charge in [0.25, 0.3) is 0 Å². The van der Waals surface area contributed by atoms with Gasteiger partial charge in [-0.05, 0) is 48.5 Å². The molecular formula is C41H24N2O2S. The molecule has 0 spiro atoms. The van der Waals surface area contributed by atoms with Crippen molar-refractivity contribution in [2.45, 2.75) is 0 Å². The minimum atomic E-state index is 0.851. The maximum absolute atomic E-state index is 6.39. The fraction of sp³-hybridized carbons (Fsp3) is 0. The van der Waals surface area contributed by atoms with Gasteiger partial charge in [0.05, 0.1) is 15.9 Å². The molecule has 7 aromatic carbocycles. The van der Waals surface area contributed by atoms with Crippen molar-refractivity contribution in [3.8, 4) is 10.6 Å². The van der Waals surface area contributed by atoms with Crippen LogP contribution in [-0.2, 0) is 0 Å². The summed E-state index contributed by atoms with van der Waals surface area (Å²) in [5.74, 6) is 0. The van der Waals surface area contributed by atoms with Crippen LogP contribution in [-0.4, -0.2) is 4.98 Å². The number of para-hydroxylation sites is 2. The molecule has 10 rings (SSSR count). The molecule has 5 heteroatoms. The first-order valence-electron chi connectivity index (χ1n) is 15.3. The molecule has 46 heavy (non-hydrogen) atoms. The fourth-order valence-electron chi connectivity index (χ4n) is 6.76. The summed E-state index contributed by atoms with van der Waals surface area (Å²) in [6.45, 7) is 0. The monoisotopic (exact) mass is 608 g/mol. The van der Waals surface area contributed by atoms with Crippen molar-refractivity contribution < 1.29 is 8.83 Å². The summed E-state index contributed by atoms with van der Waals surface area (Å²) >= 11 is 1.74. The molecule has 216 valence electrons. The summed E-state index contributed by atoms with van der Waals surface area (Å²) in [7, 11) is 0. The largest absolute Gasteiger partial charge is 0.456 e. The van der Waals surface area contributed by atoms with Crippen molar-refractivity contribution in [3.05, 3.63) is 146 Å². The van der Waals surface area contributed by atoms with Crippen LogP contribution >= 0.6 is 11.3 Å². The maximum atomic E-state index is 6.39. The summed E-state index contributed by atoms with van der Waals surface area (Å²) in [5, 5.41) is 7.74. The Bertz CT molecular complexity index is 2770. The van der Waals surface area contributed by atoms with E-state index >= 15 is 0 Å². The van der Waals surface area contributed by atoms with Gasteiger partial charge in [0.1, 0.15) is 27.3 Å². The average molecular weight is 609 g/mol. The van der Waals surface area contributed by atoms with Crippen molar-refractivity contribution in [2.24, 2.45) is 0 Å². The van der Waals surface area contributed by atoms with Gasteiger partial charge in [0.15, 0.2) is 0 Å². The normalized spacial score (nSPS) is 11.9. The first-order chi connectivity index (χ1) is 22.8. The van der Waals surface area contributed by atoms with Crippen LogP contribution in [0.5, 0.6) is 0 Å². The van der Waals surface area contributed by atoms with Crippen LogP contribution in [0.15, 0.2) is 154 Å². The van der Waals surface area contributed by atoms with Gasteiger partial charge < -0.3 is 13.7 Å². The zero-order valence-electron chi connectivity index (χ0n) is 24.5. The van der Waals surface area contributed by atoms with E-state index in [9.17, 15) is 0 Å². The highest BCUT2D eigenvalue weighted by atomic mass is 32.1. The molecule has 0 unspecified atom stereocenters. The number of aromatic nitrogens is 1. The molecule has 4 nitrogen and oxygen atoms in total. The number of hydrogen-bond donors (Lipinski definition) is 0. The second-order valence-electron chi connectivity index (χ2n) is 11.6. The predicted octanol–water partition coefficient (Wildman–Crippen LogP) is 12.4. The van der Waals surface area contributed by atoms with E-state index in [1.165, 1.54) is 10.1 Å². The van der Waals surface area contributed by atoms with Gasteiger partial charge in [-0.1, -0.05) is 91.0 Å². The molecule has 0 aliphatic carbocycles. The molecule has 0 saturated heterocycles. The first kappa shape index (κ1) is 25.4. The second-order valence-corrected chi connectivity index (χ2v) is 12.6. The van der Waals surface area contributed by atoms with Crippen LogP contribution in [0.4, 0.5) is 17.1 Å². The first-order valence-corrected chi connectivity index (χ1v) is 16.1. The summed E-state index contributed by atoms with van der Waals surface area (Å²) < 4.78 is 13.8. The highest BCUT2D eigenvalue weighted by molar-refractivity contribution is 7.22. The molecule has 3 aromatic heterocycles. The molecule has 0 fully saturated rings. The molecule has 0 bridgehead atoms. The third kappa shape index (κ3) is 3.82. The van der Waals surface area contributed by atoms with Crippen LogP contribution in [0.25, 0.3) is 75.4 Å². The average Bonchev–Trinajstić information content (AvgIpc) is 3.82. The van der Waals surface area contributed by atoms with Crippen LogP contribution in [0, 0.1) is 0 Å². The lowest BCUT2D eigenvalue weighted by atomic mass is 10.0. The molecule has 0 saturated carbocycles. The number of anilines is 3. The third-order valence-electron chi connectivity index (χ3n) is 8.88. The zero-order valence-corrected chi connectivity index (χ0v) is 25.3. The SMILES string of the molecule is c1ccc(-c2nc3cc(N(c4ccc5c(c4)oc4ccccc45)c4ccc5oc6ccccc6c5c4)c4ccccc4c3s2)cc1. The molecule has 0 aliphatic rings. The number of nitrogens with zero attached hydrogens (tertiary/aromatic N) is 2. The summed E-state index contributed by atoms with van der Waals surface area (Å²) in [4.78, 5) is 7.51. The summed E-state index contributed by atoms with van der Waals surface area (Å²) in [5.41, 5.74) is 8.66. The lowest BCUT2D eigenvalue weighted by Crippen LogP contribution is -2.10. The number of hydrogen-bond acceptors (Lipinski definition) is 5. The predicted molar refractivity (Wildman–Crippen MR) is 192 cm³/mol. The van der Waals surface area contributed by atoms with E-state index in [0.717, 1.165) is 82.4 Å². The lowest BCUT2D eigenvalue weighted by molar-refractivity contribution is 0.668. The minimum absolute atomic E-state index is 0.851. The van der Waals surface area contributed by atoms with Gasteiger partial charge in [0.2, 0.25) is 0 Å². The molecular weight excluding hydrogens is 585 g/mol. The van der Waals surface area contributed by atoms with E-state index in [0.29, 0.717) is 0 Å². The van der Waals surface area contributed by atoms with Crippen molar-refractivity contribution in [1.82, 2.24) is 4.98 Å². The Balaban J connectivity index is 1.27. The molecule has 3 heterocycles. The van der Waals surface area contributed by atoms with Gasteiger partial charge in [-0.2, -0.15) is 0 Å². The molecule has 0 N–H and O–H groups in total. The van der Waals surface area contributed by atoms with Crippen LogP contribution in [0.1, 0.15) is 0 Å². The minimum Gasteiger partial charge on any atom is -0.456 e. The van der Waals surface area contributed by atoms with Crippen LogP contribution in [0.3, 0.4) is 0 Å². The number of fused-ring (bicyclic) bond motifs is 9. The Morgan fingerprint density at radius 1 is 0.457 bits per heavy atom. The van der Waals surface area contributed by atoms with Crippen molar-refractivity contribution in [2.75, 3.05) is 4.90 Å². The van der Waals surface area contributed by atoms with E-state index in [1.807, 2.05) is 30.3 Å². The zero-order chi connectivity index (χ0) is 30.2. The maximum Gasteiger partial charge on any atom is 0.137 e. The van der Waals surface area contributed by atoms with E-state index in [4.69, 9.17) is 13.8 Å². The van der Waals surface area contributed by atoms with Crippen molar-refractivity contribution >= 4 is 93.3 Å². The molecule has 10 aromatic rings. The van der Waals surface area contributed by atoms with Crippen LogP contribution < -0.4 is 4.90 Å². The number of rotatable bonds is 4. The van der Waals surface area contributed by atoms with Crippen molar-refractivity contribution in [1.29, 1.82) is 0 Å². The third-order valence-corrected chi connectivity index (χ3v) is 10.0. The Hall–Kier alpha value is -5.91. The van der Waals surface area contributed by atoms with Crippen LogP contribution in [0.2, 0.25) is 0 Å². The standard InChI is InChI=1S/C41H24N2O2S/c1-2-10-25(11-3-1)41-42-34-24-35(28-12-4-5-15-32(28)40(34)46-41)43(26-19-21-38-33(22-26)30-14-7-9-17-37(30)44-38)27-18-20-31-29-13-6-8-16-36(29)45-39(31)23-27/h1-24H. The van der Waals surface area contributed by atoms with Crippen molar-refractivity contribution in [3.63, 3.8) is 0 Å². The quantitative estimate of drug-likeness (QED) is 0.199. The molecule has 0 atom stereocenters. The molecule has 0 amide bonds.